The summed E-state index contributed by atoms with van der Waals surface area (Å²) in [6.45, 7) is 1.68. The molecule has 0 N–H and O–H groups in total. The van der Waals surface area contributed by atoms with Crippen molar-refractivity contribution in [1.29, 1.82) is 0 Å². The van der Waals surface area contributed by atoms with Gasteiger partial charge in [-0.25, -0.2) is 0 Å². The van der Waals surface area contributed by atoms with Crippen molar-refractivity contribution in [3.63, 3.8) is 0 Å². The molecule has 1 aliphatic heterocycles. The van der Waals surface area contributed by atoms with Gasteiger partial charge in [-0.15, -0.1) is 0 Å². The smallest absolute Gasteiger partial charge is 0.319 e. The molecule has 0 aromatic heterocycles. The average molecular weight is 212 g/mol. The number of Topliss-reactive ketones (excluding diaryl/α,β-unsaturated/α-hetero) is 1. The summed E-state index contributed by atoms with van der Waals surface area (Å²) in [7, 11) is 1.24. The van der Waals surface area contributed by atoms with Gasteiger partial charge in [-0.05, 0) is 6.92 Å². The molecular weight excluding hydrogens is 200 g/mol. The monoisotopic (exact) mass is 212 g/mol. The van der Waals surface area contributed by atoms with E-state index in [-0.39, 0.29) is 30.7 Å². The molecule has 0 radical (unpaired) electrons. The lowest BCUT2D eigenvalue weighted by Gasteiger charge is -2.24. The van der Waals surface area contributed by atoms with E-state index in [1.807, 2.05) is 0 Å². The maximum absolute atomic E-state index is 11.7. The van der Waals surface area contributed by atoms with Gasteiger partial charge in [0, 0.05) is 12.3 Å². The lowest BCUT2D eigenvalue weighted by molar-refractivity contribution is -0.158. The Kier molecular flexibility index (Phi) is 2.06. The highest BCUT2D eigenvalue weighted by Gasteiger charge is 2.62. The molecule has 15 heavy (non-hydrogen) atoms. The predicted molar refractivity (Wildman–Crippen MR) is 47.7 cm³/mol. The number of carbonyl (C=O) groups excluding carboxylic acids is 3. The Bertz CT molecular complexity index is 348. The Hall–Kier alpha value is -1.39. The first-order valence-corrected chi connectivity index (χ1v) is 4.80. The number of rotatable bonds is 1. The third-order valence-corrected chi connectivity index (χ3v) is 3.53. The first kappa shape index (κ1) is 10.1. The standard InChI is InChI=1S/C10H12O5/c1-10(9(13)14-2)6-4-15-8(12)5(6)3-7(10)11/h5-6H,3-4H2,1-2H3/t5-,6-,10+/m1/s1. The lowest BCUT2D eigenvalue weighted by atomic mass is 9.78. The summed E-state index contributed by atoms with van der Waals surface area (Å²) in [4.78, 5) is 34.6. The minimum atomic E-state index is -1.20. The Morgan fingerprint density at radius 2 is 2.20 bits per heavy atom. The van der Waals surface area contributed by atoms with Crippen LogP contribution in [0.2, 0.25) is 0 Å². The van der Waals surface area contributed by atoms with Gasteiger partial charge in [0.1, 0.15) is 5.41 Å². The summed E-state index contributed by atoms with van der Waals surface area (Å²) in [5.41, 5.74) is -1.20. The first-order chi connectivity index (χ1) is 7.01. The van der Waals surface area contributed by atoms with Crippen LogP contribution in [0, 0.1) is 17.3 Å². The Balaban J connectivity index is 2.37. The van der Waals surface area contributed by atoms with Crippen LogP contribution >= 0.6 is 0 Å². The third kappa shape index (κ3) is 1.12. The van der Waals surface area contributed by atoms with Crippen LogP contribution in [0.5, 0.6) is 0 Å². The molecule has 2 fully saturated rings. The van der Waals surface area contributed by atoms with Crippen LogP contribution in [0.3, 0.4) is 0 Å². The maximum Gasteiger partial charge on any atom is 0.319 e. The van der Waals surface area contributed by atoms with Gasteiger partial charge >= 0.3 is 11.9 Å². The zero-order chi connectivity index (χ0) is 11.2. The van der Waals surface area contributed by atoms with Crippen LogP contribution in [0.4, 0.5) is 0 Å². The zero-order valence-electron chi connectivity index (χ0n) is 8.61. The van der Waals surface area contributed by atoms with E-state index in [2.05, 4.69) is 4.74 Å². The number of hydrogen-bond acceptors (Lipinski definition) is 5. The van der Waals surface area contributed by atoms with E-state index in [1.165, 1.54) is 14.0 Å². The summed E-state index contributed by atoms with van der Waals surface area (Å²) in [5.74, 6) is -1.98. The number of ketones is 1. The SMILES string of the molecule is COC(=O)[C@]1(C)C(=O)C[C@H]2C(=O)OC[C@H]21. The summed E-state index contributed by atoms with van der Waals surface area (Å²) >= 11 is 0. The maximum atomic E-state index is 11.7. The van der Waals surface area contributed by atoms with Gasteiger partial charge in [-0.1, -0.05) is 0 Å². The normalized spacial score (nSPS) is 38.8. The van der Waals surface area contributed by atoms with Crippen molar-refractivity contribution in [3.8, 4) is 0 Å². The van der Waals surface area contributed by atoms with Crippen molar-refractivity contribution < 1.29 is 23.9 Å². The lowest BCUT2D eigenvalue weighted by Crippen LogP contribution is -2.40. The molecule has 82 valence electrons. The molecule has 0 aromatic rings. The molecule has 5 heteroatoms. The largest absolute Gasteiger partial charge is 0.468 e. The Morgan fingerprint density at radius 3 is 2.80 bits per heavy atom. The van der Waals surface area contributed by atoms with Crippen LogP contribution in [-0.4, -0.2) is 31.4 Å². The summed E-state index contributed by atoms with van der Waals surface area (Å²) in [5, 5.41) is 0. The van der Waals surface area contributed by atoms with Crippen LogP contribution < -0.4 is 0 Å². The van der Waals surface area contributed by atoms with Crippen molar-refractivity contribution in [3.05, 3.63) is 0 Å². The van der Waals surface area contributed by atoms with Crippen molar-refractivity contribution >= 4 is 17.7 Å². The van der Waals surface area contributed by atoms with Gasteiger partial charge in [0.15, 0.2) is 5.78 Å². The van der Waals surface area contributed by atoms with Crippen molar-refractivity contribution in [2.45, 2.75) is 13.3 Å². The molecule has 5 nitrogen and oxygen atoms in total. The third-order valence-electron chi connectivity index (χ3n) is 3.53. The number of esters is 2. The second-order valence-electron chi connectivity index (χ2n) is 4.16. The van der Waals surface area contributed by atoms with E-state index in [0.29, 0.717) is 0 Å². The van der Waals surface area contributed by atoms with E-state index in [0.717, 1.165) is 0 Å². The molecule has 0 aromatic carbocycles. The van der Waals surface area contributed by atoms with E-state index < -0.39 is 17.3 Å². The minimum absolute atomic E-state index is 0.0924. The van der Waals surface area contributed by atoms with E-state index >= 15 is 0 Å². The first-order valence-electron chi connectivity index (χ1n) is 4.80. The summed E-state index contributed by atoms with van der Waals surface area (Å²) < 4.78 is 9.48. The highest BCUT2D eigenvalue weighted by molar-refractivity contribution is 6.08. The Labute approximate surface area is 86.7 Å². The molecule has 0 amide bonds. The number of cyclic esters (lactones) is 1. The molecule has 1 saturated carbocycles. The minimum Gasteiger partial charge on any atom is -0.468 e. The van der Waals surface area contributed by atoms with E-state index in [1.54, 1.807) is 0 Å². The molecule has 1 heterocycles. The number of ether oxygens (including phenoxy) is 2. The molecule has 1 saturated heterocycles. The average Bonchev–Trinajstić information content (AvgIpc) is 2.69. The topological polar surface area (TPSA) is 69.7 Å². The van der Waals surface area contributed by atoms with Crippen molar-refractivity contribution in [2.75, 3.05) is 13.7 Å². The summed E-state index contributed by atoms with van der Waals surface area (Å²) in [6, 6.07) is 0. The van der Waals surface area contributed by atoms with Gasteiger partial charge in [-0.3, -0.25) is 14.4 Å². The molecule has 1 aliphatic carbocycles. The summed E-state index contributed by atoms with van der Waals surface area (Å²) in [6.07, 6.45) is 0.0924. The van der Waals surface area contributed by atoms with Gasteiger partial charge in [0.25, 0.3) is 0 Å². The molecule has 0 spiro atoms. The van der Waals surface area contributed by atoms with Crippen molar-refractivity contribution in [1.82, 2.24) is 0 Å². The van der Waals surface area contributed by atoms with Crippen molar-refractivity contribution in [2.24, 2.45) is 17.3 Å². The van der Waals surface area contributed by atoms with Crippen LogP contribution in [0.15, 0.2) is 0 Å². The number of methoxy groups -OCH3 is 1. The van der Waals surface area contributed by atoms with Gasteiger partial charge in [0.05, 0.1) is 19.6 Å². The molecule has 2 aliphatic rings. The van der Waals surface area contributed by atoms with Crippen LogP contribution in [0.25, 0.3) is 0 Å². The van der Waals surface area contributed by atoms with E-state index in [4.69, 9.17) is 4.74 Å². The molecule has 3 atom stereocenters. The molecule has 0 unspecified atom stereocenters. The van der Waals surface area contributed by atoms with Gasteiger partial charge in [-0.2, -0.15) is 0 Å². The fourth-order valence-corrected chi connectivity index (χ4v) is 2.45. The molecule has 0 bridgehead atoms. The number of carbonyl (C=O) groups is 3. The van der Waals surface area contributed by atoms with Gasteiger partial charge in [0.2, 0.25) is 0 Å². The Morgan fingerprint density at radius 1 is 1.53 bits per heavy atom. The highest BCUT2D eigenvalue weighted by atomic mass is 16.5. The zero-order valence-corrected chi connectivity index (χ0v) is 8.61. The van der Waals surface area contributed by atoms with Crippen LogP contribution in [-0.2, 0) is 23.9 Å². The predicted octanol–water partition coefficient (Wildman–Crippen LogP) is -0.0723. The van der Waals surface area contributed by atoms with Crippen LogP contribution in [0.1, 0.15) is 13.3 Å². The van der Waals surface area contributed by atoms with E-state index in [9.17, 15) is 14.4 Å². The highest BCUT2D eigenvalue weighted by Crippen LogP contribution is 2.48. The second-order valence-corrected chi connectivity index (χ2v) is 4.16. The number of fused-ring (bicyclic) bond motifs is 1. The molecule has 2 rings (SSSR count). The molecular formula is C10H12O5. The fourth-order valence-electron chi connectivity index (χ4n) is 2.45. The van der Waals surface area contributed by atoms with Gasteiger partial charge < -0.3 is 9.47 Å². The number of hydrogen-bond donors (Lipinski definition) is 0. The fraction of sp³-hybridized carbons (Fsp3) is 0.700. The quantitative estimate of drug-likeness (QED) is 0.449. The second kappa shape index (κ2) is 3.05.